The average molecular weight is 256 g/mol. The van der Waals surface area contributed by atoms with Gasteiger partial charge in [0, 0.05) is 26.2 Å². The van der Waals surface area contributed by atoms with Gasteiger partial charge < -0.3 is 15.2 Å². The fourth-order valence-electron chi connectivity index (χ4n) is 2.95. The predicted octanol–water partition coefficient (Wildman–Crippen LogP) is 0.848. The highest BCUT2D eigenvalue weighted by atomic mass is 16.5. The van der Waals surface area contributed by atoms with Gasteiger partial charge in [-0.1, -0.05) is 6.92 Å². The molecule has 2 saturated carbocycles. The Balaban J connectivity index is 1.95. The third-order valence-corrected chi connectivity index (χ3v) is 4.30. The first-order valence-electron chi connectivity index (χ1n) is 7.34. The van der Waals surface area contributed by atoms with E-state index in [4.69, 9.17) is 4.74 Å². The Morgan fingerprint density at radius 2 is 2.06 bits per heavy atom. The molecule has 4 nitrogen and oxygen atoms in total. The lowest BCUT2D eigenvalue weighted by atomic mass is 9.93. The molecule has 1 atom stereocenters. The first-order chi connectivity index (χ1) is 8.75. The Hall–Kier alpha value is -0.160. The average Bonchev–Trinajstić information content (AvgIpc) is 3.23. The Morgan fingerprint density at radius 3 is 2.50 bits per heavy atom. The molecule has 0 aromatic heterocycles. The monoisotopic (exact) mass is 256 g/mol. The maximum absolute atomic E-state index is 9.87. The molecule has 0 spiro atoms. The van der Waals surface area contributed by atoms with E-state index in [1.165, 1.54) is 25.7 Å². The molecule has 2 N–H and O–H groups in total. The number of rotatable bonds is 10. The third kappa shape index (κ3) is 3.44. The van der Waals surface area contributed by atoms with E-state index >= 15 is 0 Å². The molecule has 0 aromatic carbocycles. The summed E-state index contributed by atoms with van der Waals surface area (Å²) in [6, 6.07) is 0.725. The van der Waals surface area contributed by atoms with Gasteiger partial charge in [0.1, 0.15) is 0 Å². The summed E-state index contributed by atoms with van der Waals surface area (Å²) in [5.74, 6) is 0.659. The number of likely N-dealkylation sites (N-methyl/N-ethyl adjacent to an activating group) is 1. The van der Waals surface area contributed by atoms with Gasteiger partial charge in [-0.05, 0) is 38.1 Å². The highest BCUT2D eigenvalue weighted by molar-refractivity contribution is 5.04. The SMILES string of the molecule is CCNC(CO)(CN(CCOC)C1CC1)C1CC1. The van der Waals surface area contributed by atoms with Crippen molar-refractivity contribution in [2.75, 3.05) is 40.0 Å². The lowest BCUT2D eigenvalue weighted by Crippen LogP contribution is -2.58. The van der Waals surface area contributed by atoms with Crippen LogP contribution in [0, 0.1) is 5.92 Å². The summed E-state index contributed by atoms with van der Waals surface area (Å²) >= 11 is 0. The molecule has 0 aromatic rings. The number of hydrogen-bond acceptors (Lipinski definition) is 4. The molecule has 2 rings (SSSR count). The largest absolute Gasteiger partial charge is 0.394 e. The summed E-state index contributed by atoms with van der Waals surface area (Å²) in [7, 11) is 1.76. The number of aliphatic hydroxyl groups excluding tert-OH is 1. The zero-order valence-electron chi connectivity index (χ0n) is 11.8. The Bertz CT molecular complexity index is 254. The smallest absolute Gasteiger partial charge is 0.0628 e. The van der Waals surface area contributed by atoms with Gasteiger partial charge in [0.05, 0.1) is 18.8 Å². The number of hydrogen-bond donors (Lipinski definition) is 2. The summed E-state index contributed by atoms with van der Waals surface area (Å²) in [4.78, 5) is 2.51. The molecular formula is C14H28N2O2. The molecule has 2 aliphatic rings. The van der Waals surface area contributed by atoms with E-state index in [0.29, 0.717) is 5.92 Å². The van der Waals surface area contributed by atoms with Crippen LogP contribution in [-0.2, 0) is 4.74 Å². The minimum Gasteiger partial charge on any atom is -0.394 e. The normalized spacial score (nSPS) is 23.3. The molecule has 18 heavy (non-hydrogen) atoms. The van der Waals surface area contributed by atoms with Gasteiger partial charge in [0.25, 0.3) is 0 Å². The topological polar surface area (TPSA) is 44.7 Å². The minimum absolute atomic E-state index is 0.0783. The number of nitrogens with one attached hydrogen (secondary N) is 1. The van der Waals surface area contributed by atoms with E-state index in [0.717, 1.165) is 32.3 Å². The molecule has 0 saturated heterocycles. The van der Waals surface area contributed by atoms with E-state index in [1.807, 2.05) is 0 Å². The van der Waals surface area contributed by atoms with Crippen LogP contribution in [0.5, 0.6) is 0 Å². The first-order valence-corrected chi connectivity index (χ1v) is 7.34. The quantitative estimate of drug-likeness (QED) is 0.608. The summed E-state index contributed by atoms with van der Waals surface area (Å²) in [5.41, 5.74) is -0.0783. The maximum atomic E-state index is 9.87. The molecule has 2 fully saturated rings. The van der Waals surface area contributed by atoms with Crippen LogP contribution in [-0.4, -0.2) is 61.5 Å². The Kier molecular flexibility index (Phi) is 5.01. The Morgan fingerprint density at radius 1 is 1.33 bits per heavy atom. The Labute approximate surface area is 111 Å². The van der Waals surface area contributed by atoms with Crippen LogP contribution >= 0.6 is 0 Å². The fraction of sp³-hybridized carbons (Fsp3) is 1.00. The van der Waals surface area contributed by atoms with E-state index < -0.39 is 0 Å². The second-order valence-corrected chi connectivity index (χ2v) is 5.81. The van der Waals surface area contributed by atoms with Gasteiger partial charge in [-0.15, -0.1) is 0 Å². The van der Waals surface area contributed by atoms with Crippen molar-refractivity contribution < 1.29 is 9.84 Å². The van der Waals surface area contributed by atoms with Gasteiger partial charge in [-0.25, -0.2) is 0 Å². The van der Waals surface area contributed by atoms with Gasteiger partial charge in [-0.3, -0.25) is 4.90 Å². The van der Waals surface area contributed by atoms with Crippen molar-refractivity contribution in [1.29, 1.82) is 0 Å². The van der Waals surface area contributed by atoms with E-state index in [-0.39, 0.29) is 12.1 Å². The standard InChI is InChI=1S/C14H28N2O2/c1-3-15-14(11-17,12-4-5-12)10-16(8-9-18-2)13-6-7-13/h12-13,15,17H,3-11H2,1-2H3. The van der Waals surface area contributed by atoms with Crippen LogP contribution in [0.15, 0.2) is 0 Å². The second kappa shape index (κ2) is 6.33. The van der Waals surface area contributed by atoms with E-state index in [2.05, 4.69) is 17.1 Å². The van der Waals surface area contributed by atoms with Crippen molar-refractivity contribution in [2.45, 2.75) is 44.2 Å². The molecule has 2 aliphatic carbocycles. The molecular weight excluding hydrogens is 228 g/mol. The molecule has 106 valence electrons. The second-order valence-electron chi connectivity index (χ2n) is 5.81. The number of ether oxygens (including phenoxy) is 1. The van der Waals surface area contributed by atoms with Crippen molar-refractivity contribution in [3.8, 4) is 0 Å². The van der Waals surface area contributed by atoms with Crippen molar-refractivity contribution in [3.05, 3.63) is 0 Å². The molecule has 0 aliphatic heterocycles. The number of nitrogens with zero attached hydrogens (tertiary/aromatic N) is 1. The van der Waals surface area contributed by atoms with Crippen molar-refractivity contribution >= 4 is 0 Å². The lowest BCUT2D eigenvalue weighted by Gasteiger charge is -2.38. The molecule has 4 heteroatoms. The summed E-state index contributed by atoms with van der Waals surface area (Å²) in [5, 5.41) is 13.4. The third-order valence-electron chi connectivity index (χ3n) is 4.30. The predicted molar refractivity (Wildman–Crippen MR) is 72.7 cm³/mol. The van der Waals surface area contributed by atoms with E-state index in [9.17, 15) is 5.11 Å². The zero-order chi connectivity index (χ0) is 13.0. The maximum Gasteiger partial charge on any atom is 0.0628 e. The van der Waals surface area contributed by atoms with Crippen LogP contribution in [0.4, 0.5) is 0 Å². The van der Waals surface area contributed by atoms with Crippen molar-refractivity contribution in [1.82, 2.24) is 10.2 Å². The highest BCUT2D eigenvalue weighted by Gasteiger charge is 2.46. The van der Waals surface area contributed by atoms with Crippen LogP contribution in [0.25, 0.3) is 0 Å². The minimum atomic E-state index is -0.0783. The highest BCUT2D eigenvalue weighted by Crippen LogP contribution is 2.41. The fourth-order valence-corrected chi connectivity index (χ4v) is 2.95. The molecule has 0 amide bonds. The van der Waals surface area contributed by atoms with Gasteiger partial charge in [0.2, 0.25) is 0 Å². The van der Waals surface area contributed by atoms with Crippen LogP contribution in [0.2, 0.25) is 0 Å². The zero-order valence-corrected chi connectivity index (χ0v) is 11.8. The summed E-state index contributed by atoms with van der Waals surface area (Å²) < 4.78 is 5.21. The number of aliphatic hydroxyl groups is 1. The van der Waals surface area contributed by atoms with Crippen LogP contribution in [0.3, 0.4) is 0 Å². The van der Waals surface area contributed by atoms with Crippen molar-refractivity contribution in [3.63, 3.8) is 0 Å². The first kappa shape index (κ1) is 14.3. The molecule has 0 heterocycles. The van der Waals surface area contributed by atoms with Crippen molar-refractivity contribution in [2.24, 2.45) is 5.92 Å². The summed E-state index contributed by atoms with van der Waals surface area (Å²) in [6.07, 6.45) is 5.14. The molecule has 1 unspecified atom stereocenters. The molecule has 0 bridgehead atoms. The van der Waals surface area contributed by atoms with Crippen LogP contribution < -0.4 is 5.32 Å². The lowest BCUT2D eigenvalue weighted by molar-refractivity contribution is 0.0710. The van der Waals surface area contributed by atoms with E-state index in [1.54, 1.807) is 7.11 Å². The van der Waals surface area contributed by atoms with Crippen LogP contribution in [0.1, 0.15) is 32.6 Å². The number of methoxy groups -OCH3 is 1. The van der Waals surface area contributed by atoms with Gasteiger partial charge >= 0.3 is 0 Å². The van der Waals surface area contributed by atoms with Gasteiger partial charge in [-0.2, -0.15) is 0 Å². The molecule has 0 radical (unpaired) electrons. The summed E-state index contributed by atoms with van der Waals surface area (Å²) in [6.45, 7) is 6.05. The van der Waals surface area contributed by atoms with Gasteiger partial charge in [0.15, 0.2) is 0 Å².